The van der Waals surface area contributed by atoms with Crippen LogP contribution in [-0.2, 0) is 11.2 Å². The van der Waals surface area contributed by atoms with Crippen LogP contribution in [0.25, 0.3) is 0 Å². The first kappa shape index (κ1) is 18.5. The summed E-state index contributed by atoms with van der Waals surface area (Å²) in [5.41, 5.74) is 0.846. The van der Waals surface area contributed by atoms with Crippen LogP contribution < -0.4 is 14.8 Å². The van der Waals surface area contributed by atoms with Gasteiger partial charge >= 0.3 is 0 Å². The first-order chi connectivity index (χ1) is 12.7. The number of aromatic nitrogens is 2. The lowest BCUT2D eigenvalue weighted by atomic mass is 9.92. The minimum Gasteiger partial charge on any atom is -0.477 e. The standard InChI is InChI=1S/C19H22ClN3O3/c1-25-18-19(22-11-10-21-18)26-15-8-6-14(7-9-15)23-17(24)12-13-4-2-3-5-16(13)20/h2-5,10-11,14-15H,6-9,12H2,1H3,(H,23,24). The van der Waals surface area contributed by atoms with E-state index in [9.17, 15) is 4.79 Å². The van der Waals surface area contributed by atoms with Crippen LogP contribution in [-0.4, -0.2) is 35.1 Å². The number of carbonyl (C=O) groups is 1. The van der Waals surface area contributed by atoms with Gasteiger partial charge in [0.05, 0.1) is 13.5 Å². The number of rotatable bonds is 6. The van der Waals surface area contributed by atoms with E-state index in [-0.39, 0.29) is 18.1 Å². The molecule has 3 rings (SSSR count). The average molecular weight is 376 g/mol. The van der Waals surface area contributed by atoms with Gasteiger partial charge in [0.25, 0.3) is 11.8 Å². The highest BCUT2D eigenvalue weighted by molar-refractivity contribution is 6.31. The molecule has 0 atom stereocenters. The summed E-state index contributed by atoms with van der Waals surface area (Å²) >= 11 is 6.11. The van der Waals surface area contributed by atoms with Gasteiger partial charge in [-0.05, 0) is 37.3 Å². The molecule has 1 heterocycles. The molecule has 1 saturated carbocycles. The Labute approximate surface area is 157 Å². The molecule has 6 nitrogen and oxygen atoms in total. The fourth-order valence-electron chi connectivity index (χ4n) is 3.11. The Bertz CT molecular complexity index is 748. The van der Waals surface area contributed by atoms with E-state index in [2.05, 4.69) is 15.3 Å². The Morgan fingerprint density at radius 2 is 1.85 bits per heavy atom. The molecule has 0 bridgehead atoms. The lowest BCUT2D eigenvalue weighted by Gasteiger charge is -2.29. The number of carbonyl (C=O) groups excluding carboxylic acids is 1. The largest absolute Gasteiger partial charge is 0.477 e. The van der Waals surface area contributed by atoms with E-state index in [0.29, 0.717) is 23.2 Å². The SMILES string of the molecule is COc1nccnc1OC1CCC(NC(=O)Cc2ccccc2Cl)CC1. The van der Waals surface area contributed by atoms with Crippen LogP contribution in [0.2, 0.25) is 5.02 Å². The molecule has 0 unspecified atom stereocenters. The zero-order valence-electron chi connectivity index (χ0n) is 14.7. The van der Waals surface area contributed by atoms with Crippen molar-refractivity contribution in [2.24, 2.45) is 0 Å². The van der Waals surface area contributed by atoms with Crippen molar-refractivity contribution in [1.29, 1.82) is 0 Å². The summed E-state index contributed by atoms with van der Waals surface area (Å²) in [7, 11) is 1.54. The van der Waals surface area contributed by atoms with E-state index in [4.69, 9.17) is 21.1 Å². The van der Waals surface area contributed by atoms with Crippen LogP contribution in [0.1, 0.15) is 31.2 Å². The zero-order chi connectivity index (χ0) is 18.4. The Balaban J connectivity index is 1.46. The monoisotopic (exact) mass is 375 g/mol. The van der Waals surface area contributed by atoms with Crippen LogP contribution in [0.4, 0.5) is 0 Å². The molecule has 2 aromatic rings. The first-order valence-electron chi connectivity index (χ1n) is 8.70. The zero-order valence-corrected chi connectivity index (χ0v) is 15.4. The van der Waals surface area contributed by atoms with Crippen molar-refractivity contribution in [1.82, 2.24) is 15.3 Å². The fraction of sp³-hybridized carbons (Fsp3) is 0.421. The van der Waals surface area contributed by atoms with Gasteiger partial charge in [0.2, 0.25) is 5.91 Å². The third-order valence-electron chi connectivity index (χ3n) is 4.45. The summed E-state index contributed by atoms with van der Waals surface area (Å²) in [6, 6.07) is 7.58. The molecule has 1 fully saturated rings. The van der Waals surface area contributed by atoms with Gasteiger partial charge in [-0.15, -0.1) is 0 Å². The fourth-order valence-corrected chi connectivity index (χ4v) is 3.31. The van der Waals surface area contributed by atoms with Crippen LogP contribution in [0.5, 0.6) is 11.8 Å². The number of methoxy groups -OCH3 is 1. The third-order valence-corrected chi connectivity index (χ3v) is 4.82. The molecule has 1 amide bonds. The maximum atomic E-state index is 12.3. The quantitative estimate of drug-likeness (QED) is 0.839. The van der Waals surface area contributed by atoms with E-state index < -0.39 is 0 Å². The molecule has 1 aromatic carbocycles. The summed E-state index contributed by atoms with van der Waals surface area (Å²) < 4.78 is 11.1. The first-order valence-corrected chi connectivity index (χ1v) is 9.08. The van der Waals surface area contributed by atoms with E-state index in [0.717, 1.165) is 31.2 Å². The van der Waals surface area contributed by atoms with Crippen LogP contribution in [0.3, 0.4) is 0 Å². The normalized spacial score (nSPS) is 19.6. The van der Waals surface area contributed by atoms with Crippen LogP contribution in [0, 0.1) is 0 Å². The molecule has 0 spiro atoms. The predicted molar refractivity (Wildman–Crippen MR) is 98.6 cm³/mol. The number of amides is 1. The number of benzene rings is 1. The van der Waals surface area contributed by atoms with Gasteiger partial charge in [0, 0.05) is 23.5 Å². The molecule has 26 heavy (non-hydrogen) atoms. The van der Waals surface area contributed by atoms with Gasteiger partial charge in [0.15, 0.2) is 0 Å². The Kier molecular flexibility index (Phi) is 6.28. The van der Waals surface area contributed by atoms with Gasteiger partial charge in [-0.1, -0.05) is 29.8 Å². The van der Waals surface area contributed by atoms with E-state index in [1.54, 1.807) is 25.6 Å². The molecule has 1 aromatic heterocycles. The predicted octanol–water partition coefficient (Wildman–Crippen LogP) is 3.19. The Morgan fingerprint density at radius 3 is 2.54 bits per heavy atom. The van der Waals surface area contributed by atoms with Gasteiger partial charge in [0.1, 0.15) is 6.10 Å². The minimum atomic E-state index is -0.00179. The lowest BCUT2D eigenvalue weighted by molar-refractivity contribution is -0.121. The van der Waals surface area contributed by atoms with E-state index in [1.807, 2.05) is 18.2 Å². The average Bonchev–Trinajstić information content (AvgIpc) is 2.66. The molecule has 0 radical (unpaired) electrons. The van der Waals surface area contributed by atoms with Gasteiger partial charge in [-0.2, -0.15) is 0 Å². The molecule has 138 valence electrons. The number of ether oxygens (including phenoxy) is 2. The molecule has 1 N–H and O–H groups in total. The Morgan fingerprint density at radius 1 is 1.15 bits per heavy atom. The molecule has 0 aliphatic heterocycles. The molecule has 0 saturated heterocycles. The molecule has 7 heteroatoms. The summed E-state index contributed by atoms with van der Waals surface area (Å²) in [5, 5.41) is 3.72. The maximum absolute atomic E-state index is 12.3. The van der Waals surface area contributed by atoms with Crippen molar-refractivity contribution in [3.05, 3.63) is 47.2 Å². The van der Waals surface area contributed by atoms with Gasteiger partial charge < -0.3 is 14.8 Å². The summed E-state index contributed by atoms with van der Waals surface area (Å²) in [5.74, 6) is 0.807. The molecule has 1 aliphatic rings. The van der Waals surface area contributed by atoms with Crippen molar-refractivity contribution in [3.8, 4) is 11.8 Å². The lowest BCUT2D eigenvalue weighted by Crippen LogP contribution is -2.40. The topological polar surface area (TPSA) is 73.3 Å². The van der Waals surface area contributed by atoms with Crippen LogP contribution >= 0.6 is 11.6 Å². The summed E-state index contributed by atoms with van der Waals surface area (Å²) in [6.45, 7) is 0. The molecular formula is C19H22ClN3O3. The summed E-state index contributed by atoms with van der Waals surface area (Å²) in [4.78, 5) is 20.5. The Hall–Kier alpha value is -2.34. The van der Waals surface area contributed by atoms with E-state index in [1.165, 1.54) is 0 Å². The number of nitrogens with zero attached hydrogens (tertiary/aromatic N) is 2. The van der Waals surface area contributed by atoms with Crippen molar-refractivity contribution in [2.45, 2.75) is 44.2 Å². The van der Waals surface area contributed by atoms with Crippen molar-refractivity contribution in [3.63, 3.8) is 0 Å². The number of nitrogens with one attached hydrogen (secondary N) is 1. The second kappa shape index (κ2) is 8.85. The maximum Gasteiger partial charge on any atom is 0.278 e. The second-order valence-corrected chi connectivity index (χ2v) is 6.71. The summed E-state index contributed by atoms with van der Waals surface area (Å²) in [6.07, 6.45) is 6.91. The highest BCUT2D eigenvalue weighted by atomic mass is 35.5. The number of halogens is 1. The van der Waals surface area contributed by atoms with Crippen molar-refractivity contribution in [2.75, 3.05) is 7.11 Å². The van der Waals surface area contributed by atoms with Crippen LogP contribution in [0.15, 0.2) is 36.7 Å². The number of hydrogen-bond acceptors (Lipinski definition) is 5. The number of hydrogen-bond donors (Lipinski definition) is 1. The molecular weight excluding hydrogens is 354 g/mol. The van der Waals surface area contributed by atoms with Crippen molar-refractivity contribution >= 4 is 17.5 Å². The smallest absolute Gasteiger partial charge is 0.278 e. The van der Waals surface area contributed by atoms with E-state index >= 15 is 0 Å². The second-order valence-electron chi connectivity index (χ2n) is 6.30. The molecule has 1 aliphatic carbocycles. The highest BCUT2D eigenvalue weighted by Gasteiger charge is 2.25. The minimum absolute atomic E-state index is 0.00179. The van der Waals surface area contributed by atoms with Gasteiger partial charge in [-0.25, -0.2) is 9.97 Å². The van der Waals surface area contributed by atoms with Gasteiger partial charge in [-0.3, -0.25) is 4.79 Å². The van der Waals surface area contributed by atoms with Crippen molar-refractivity contribution < 1.29 is 14.3 Å². The highest BCUT2D eigenvalue weighted by Crippen LogP contribution is 2.27. The third kappa shape index (κ3) is 4.85.